The van der Waals surface area contributed by atoms with Gasteiger partial charge in [-0.15, -0.1) is 0 Å². The fourth-order valence-corrected chi connectivity index (χ4v) is 2.26. The maximum Gasteiger partial charge on any atom is 0.330 e. The van der Waals surface area contributed by atoms with Crippen molar-refractivity contribution in [2.45, 2.75) is 39.0 Å². The first kappa shape index (κ1) is 16.6. The number of carbonyl (C=O) groups excluding carboxylic acids is 1. The lowest BCUT2D eigenvalue weighted by atomic mass is 9.83. The van der Waals surface area contributed by atoms with Gasteiger partial charge in [-0.2, -0.15) is 0 Å². The quantitative estimate of drug-likeness (QED) is 0.527. The number of rotatable bonds is 7. The van der Waals surface area contributed by atoms with Gasteiger partial charge < -0.3 is 9.47 Å². The van der Waals surface area contributed by atoms with E-state index in [4.69, 9.17) is 9.47 Å². The van der Waals surface area contributed by atoms with Gasteiger partial charge in [-0.25, -0.2) is 9.18 Å². The van der Waals surface area contributed by atoms with Crippen molar-refractivity contribution in [2.24, 2.45) is 5.92 Å². The standard InChI is InChI=1S/C16H23FO3/c1-4-6-9-14-13(10-11-15(18)20-5-2)8-7-12-16(14,17)19-3/h7-8,10-12,14H,4-6,9H2,1-3H3/b11-10+. The molecule has 0 amide bonds. The third-order valence-electron chi connectivity index (χ3n) is 3.35. The van der Waals surface area contributed by atoms with E-state index in [2.05, 4.69) is 6.92 Å². The molecule has 0 spiro atoms. The number of hydrogen-bond donors (Lipinski definition) is 0. The number of halogens is 1. The van der Waals surface area contributed by atoms with E-state index >= 15 is 0 Å². The van der Waals surface area contributed by atoms with E-state index < -0.39 is 17.7 Å². The Labute approximate surface area is 120 Å². The van der Waals surface area contributed by atoms with Crippen LogP contribution in [0, 0.1) is 5.92 Å². The molecular weight excluding hydrogens is 259 g/mol. The van der Waals surface area contributed by atoms with E-state index in [1.165, 1.54) is 19.3 Å². The van der Waals surface area contributed by atoms with Gasteiger partial charge in [0, 0.05) is 19.1 Å². The lowest BCUT2D eigenvalue weighted by Gasteiger charge is -2.33. The van der Waals surface area contributed by atoms with Crippen LogP contribution in [0.4, 0.5) is 4.39 Å². The highest BCUT2D eigenvalue weighted by molar-refractivity contribution is 5.82. The van der Waals surface area contributed by atoms with Gasteiger partial charge in [0.15, 0.2) is 0 Å². The number of esters is 1. The SMILES string of the molecule is CCCCC1C(/C=C/C(=O)OCC)=CC=CC1(F)OC. The highest BCUT2D eigenvalue weighted by Gasteiger charge is 2.39. The summed E-state index contributed by atoms with van der Waals surface area (Å²) in [7, 11) is 1.36. The number of methoxy groups -OCH3 is 1. The number of hydrogen-bond acceptors (Lipinski definition) is 3. The van der Waals surface area contributed by atoms with Gasteiger partial charge in [-0.05, 0) is 25.0 Å². The molecule has 20 heavy (non-hydrogen) atoms. The number of ether oxygens (including phenoxy) is 2. The molecule has 112 valence electrons. The molecule has 0 fully saturated rings. The Hall–Kier alpha value is -1.42. The molecule has 0 aromatic rings. The molecule has 2 unspecified atom stereocenters. The van der Waals surface area contributed by atoms with E-state index in [9.17, 15) is 9.18 Å². The molecule has 2 atom stereocenters. The summed E-state index contributed by atoms with van der Waals surface area (Å²) in [6.45, 7) is 4.13. The van der Waals surface area contributed by atoms with E-state index in [0.717, 1.165) is 18.4 Å². The summed E-state index contributed by atoms with van der Waals surface area (Å²) >= 11 is 0. The number of alkyl halides is 1. The molecule has 0 N–H and O–H groups in total. The fraction of sp³-hybridized carbons (Fsp3) is 0.562. The molecule has 3 nitrogen and oxygen atoms in total. The van der Waals surface area contributed by atoms with Crippen LogP contribution >= 0.6 is 0 Å². The van der Waals surface area contributed by atoms with E-state index in [0.29, 0.717) is 13.0 Å². The monoisotopic (exact) mass is 282 g/mol. The zero-order valence-corrected chi connectivity index (χ0v) is 12.4. The smallest absolute Gasteiger partial charge is 0.330 e. The maximum atomic E-state index is 14.7. The van der Waals surface area contributed by atoms with Crippen molar-refractivity contribution in [3.63, 3.8) is 0 Å². The molecular formula is C16H23FO3. The lowest BCUT2D eigenvalue weighted by molar-refractivity contribution is -0.137. The van der Waals surface area contributed by atoms with Crippen molar-refractivity contribution in [3.05, 3.63) is 36.0 Å². The van der Waals surface area contributed by atoms with Gasteiger partial charge in [-0.1, -0.05) is 38.0 Å². The average molecular weight is 282 g/mol. The normalized spacial score (nSPS) is 25.8. The lowest BCUT2D eigenvalue weighted by Crippen LogP contribution is -2.35. The van der Waals surface area contributed by atoms with Crippen LogP contribution in [0.15, 0.2) is 36.0 Å². The summed E-state index contributed by atoms with van der Waals surface area (Å²) < 4.78 is 24.6. The minimum Gasteiger partial charge on any atom is -0.463 e. The first-order valence-electron chi connectivity index (χ1n) is 7.05. The van der Waals surface area contributed by atoms with E-state index in [-0.39, 0.29) is 0 Å². The summed E-state index contributed by atoms with van der Waals surface area (Å²) in [5.41, 5.74) is 0.748. The van der Waals surface area contributed by atoms with Crippen LogP contribution < -0.4 is 0 Å². The predicted octanol–water partition coefficient (Wildman–Crippen LogP) is 3.72. The van der Waals surface area contributed by atoms with Gasteiger partial charge in [0.25, 0.3) is 0 Å². The van der Waals surface area contributed by atoms with Gasteiger partial charge in [0.2, 0.25) is 5.85 Å². The first-order chi connectivity index (χ1) is 9.57. The first-order valence-corrected chi connectivity index (χ1v) is 7.05. The molecule has 0 aromatic carbocycles. The Bertz CT molecular complexity index is 412. The summed E-state index contributed by atoms with van der Waals surface area (Å²) in [5, 5.41) is 0. The summed E-state index contributed by atoms with van der Waals surface area (Å²) in [6.07, 6.45) is 10.4. The van der Waals surface area contributed by atoms with Crippen molar-refractivity contribution in [3.8, 4) is 0 Å². The zero-order chi connectivity index (χ0) is 15.0. The van der Waals surface area contributed by atoms with Crippen molar-refractivity contribution in [2.75, 3.05) is 13.7 Å². The number of carbonyl (C=O) groups is 1. The molecule has 1 aliphatic carbocycles. The minimum absolute atomic E-state index is 0.326. The molecule has 0 bridgehead atoms. The van der Waals surface area contributed by atoms with Gasteiger partial charge in [0.05, 0.1) is 6.61 Å². The Morgan fingerprint density at radius 2 is 2.25 bits per heavy atom. The molecule has 4 heteroatoms. The second-order valence-corrected chi connectivity index (χ2v) is 4.71. The van der Waals surface area contributed by atoms with Crippen LogP contribution in [-0.2, 0) is 14.3 Å². The second-order valence-electron chi connectivity index (χ2n) is 4.71. The molecule has 0 aliphatic heterocycles. The predicted molar refractivity (Wildman–Crippen MR) is 76.9 cm³/mol. The van der Waals surface area contributed by atoms with Crippen molar-refractivity contribution in [1.82, 2.24) is 0 Å². The van der Waals surface area contributed by atoms with Crippen LogP contribution in [0.25, 0.3) is 0 Å². The molecule has 0 heterocycles. The number of unbranched alkanes of at least 4 members (excludes halogenated alkanes) is 1. The van der Waals surface area contributed by atoms with E-state index in [1.54, 1.807) is 19.1 Å². The van der Waals surface area contributed by atoms with Crippen LogP contribution in [0.2, 0.25) is 0 Å². The fourth-order valence-electron chi connectivity index (χ4n) is 2.26. The molecule has 1 aliphatic rings. The topological polar surface area (TPSA) is 35.5 Å². The molecule has 0 radical (unpaired) electrons. The molecule has 1 rings (SSSR count). The number of allylic oxidation sites excluding steroid dienone is 3. The zero-order valence-electron chi connectivity index (χ0n) is 12.4. The van der Waals surface area contributed by atoms with Gasteiger partial charge in [0.1, 0.15) is 0 Å². The van der Waals surface area contributed by atoms with E-state index in [1.807, 2.05) is 6.08 Å². The molecule has 0 saturated carbocycles. The highest BCUT2D eigenvalue weighted by atomic mass is 19.2. The largest absolute Gasteiger partial charge is 0.463 e. The highest BCUT2D eigenvalue weighted by Crippen LogP contribution is 2.38. The van der Waals surface area contributed by atoms with Crippen LogP contribution in [0.3, 0.4) is 0 Å². The molecule has 0 saturated heterocycles. The third kappa shape index (κ3) is 4.30. The van der Waals surface area contributed by atoms with Gasteiger partial charge >= 0.3 is 5.97 Å². The minimum atomic E-state index is -1.81. The van der Waals surface area contributed by atoms with Crippen LogP contribution in [0.5, 0.6) is 0 Å². The molecule has 0 aromatic heterocycles. The van der Waals surface area contributed by atoms with Crippen LogP contribution in [0.1, 0.15) is 33.1 Å². The Morgan fingerprint density at radius 3 is 2.85 bits per heavy atom. The van der Waals surface area contributed by atoms with Crippen molar-refractivity contribution >= 4 is 5.97 Å². The summed E-state index contributed by atoms with van der Waals surface area (Å²) in [6, 6.07) is 0. The van der Waals surface area contributed by atoms with Crippen LogP contribution in [-0.4, -0.2) is 25.5 Å². The second kappa shape index (κ2) is 8.00. The average Bonchev–Trinajstić information content (AvgIpc) is 2.44. The maximum absolute atomic E-state index is 14.7. The Kier molecular flexibility index (Phi) is 6.65. The third-order valence-corrected chi connectivity index (χ3v) is 3.35. The summed E-state index contributed by atoms with van der Waals surface area (Å²) in [4.78, 5) is 11.4. The Morgan fingerprint density at radius 1 is 1.50 bits per heavy atom. The van der Waals surface area contributed by atoms with Gasteiger partial charge in [-0.3, -0.25) is 0 Å². The summed E-state index contributed by atoms with van der Waals surface area (Å²) in [5.74, 6) is -2.62. The van der Waals surface area contributed by atoms with Crippen molar-refractivity contribution in [1.29, 1.82) is 0 Å². The van der Waals surface area contributed by atoms with Crippen molar-refractivity contribution < 1.29 is 18.7 Å². The Balaban J connectivity index is 2.87.